The molecule has 1 saturated carbocycles. The van der Waals surface area contributed by atoms with Crippen LogP contribution in [0.5, 0.6) is 0 Å². The third-order valence-corrected chi connectivity index (χ3v) is 4.96. The molecule has 2 heterocycles. The summed E-state index contributed by atoms with van der Waals surface area (Å²) in [6, 6.07) is 1.75. The van der Waals surface area contributed by atoms with Gasteiger partial charge in [0.15, 0.2) is 0 Å². The van der Waals surface area contributed by atoms with Gasteiger partial charge in [-0.1, -0.05) is 0 Å². The van der Waals surface area contributed by atoms with Gasteiger partial charge >= 0.3 is 11.8 Å². The Kier molecular flexibility index (Phi) is 3.15. The van der Waals surface area contributed by atoms with Crippen LogP contribution in [0, 0.1) is 5.92 Å². The molecule has 8 heteroatoms. The number of hydrogen-bond donors (Lipinski definition) is 0. The summed E-state index contributed by atoms with van der Waals surface area (Å²) in [6.07, 6.45) is 6.20. The summed E-state index contributed by atoms with van der Waals surface area (Å²) in [7, 11) is 1.80. The minimum Gasteiger partial charge on any atom is -0.357 e. The number of likely N-dealkylation sites (tertiary alicyclic amines) is 1. The second kappa shape index (κ2) is 4.50. The maximum Gasteiger partial charge on any atom is 0.331 e. The van der Waals surface area contributed by atoms with Crippen molar-refractivity contribution in [3.63, 3.8) is 0 Å². The molecule has 3 rings (SSSR count). The molecule has 1 aromatic rings. The third kappa shape index (κ3) is 1.84. The normalized spacial score (nSPS) is 32.1. The number of carbonyl (C=O) groups is 1. The fourth-order valence-corrected chi connectivity index (χ4v) is 3.50. The van der Waals surface area contributed by atoms with Gasteiger partial charge in [-0.25, -0.2) is 0 Å². The van der Waals surface area contributed by atoms with E-state index in [4.69, 9.17) is 11.6 Å². The minimum atomic E-state index is -4.30. The molecule has 0 radical (unpaired) electrons. The van der Waals surface area contributed by atoms with E-state index in [-0.39, 0.29) is 0 Å². The number of hydrogen-bond acceptors (Lipinski definition) is 1. The summed E-state index contributed by atoms with van der Waals surface area (Å²) in [5.74, 6) is -10.8. The molecule has 22 heavy (non-hydrogen) atoms. The van der Waals surface area contributed by atoms with Crippen molar-refractivity contribution in [3.8, 4) is 0 Å². The topological polar surface area (TPSA) is 25.2 Å². The molecule has 1 saturated heterocycles. The van der Waals surface area contributed by atoms with E-state index in [9.17, 15) is 22.4 Å². The number of halogens is 5. The summed E-state index contributed by atoms with van der Waals surface area (Å²) < 4.78 is 55.6. The van der Waals surface area contributed by atoms with Gasteiger partial charge in [-0.15, -0.1) is 11.6 Å². The highest BCUT2D eigenvalue weighted by atomic mass is 35.5. The number of fused-ring (bicyclic) bond motifs is 1. The maximum atomic E-state index is 13.5. The van der Waals surface area contributed by atoms with E-state index < -0.39 is 41.6 Å². The summed E-state index contributed by atoms with van der Waals surface area (Å²) in [5, 5.41) is 0. The van der Waals surface area contributed by atoms with E-state index in [2.05, 4.69) is 0 Å². The molecule has 3 nitrogen and oxygen atoms in total. The van der Waals surface area contributed by atoms with Crippen LogP contribution in [0.1, 0.15) is 5.56 Å². The van der Waals surface area contributed by atoms with Crippen LogP contribution in [0.3, 0.4) is 0 Å². The zero-order chi connectivity index (χ0) is 16.3. The van der Waals surface area contributed by atoms with Crippen molar-refractivity contribution in [2.24, 2.45) is 13.0 Å². The van der Waals surface area contributed by atoms with E-state index >= 15 is 0 Å². The van der Waals surface area contributed by atoms with Crippen LogP contribution in [0.2, 0.25) is 0 Å². The van der Waals surface area contributed by atoms with Gasteiger partial charge < -0.3 is 9.47 Å². The van der Waals surface area contributed by atoms with Crippen molar-refractivity contribution in [1.29, 1.82) is 0 Å². The zero-order valence-electron chi connectivity index (χ0n) is 11.6. The van der Waals surface area contributed by atoms with E-state index in [1.54, 1.807) is 30.1 Å². The van der Waals surface area contributed by atoms with E-state index in [0.29, 0.717) is 0 Å². The smallest absolute Gasteiger partial charge is 0.331 e. The Labute approximate surface area is 129 Å². The largest absolute Gasteiger partial charge is 0.357 e. The first kappa shape index (κ1) is 15.4. The fourth-order valence-electron chi connectivity index (χ4n) is 3.02. The van der Waals surface area contributed by atoms with Gasteiger partial charge in [-0.3, -0.25) is 4.79 Å². The van der Waals surface area contributed by atoms with Gasteiger partial charge in [0.2, 0.25) is 5.91 Å². The fraction of sp³-hybridized carbons (Fsp3) is 0.500. The van der Waals surface area contributed by atoms with Crippen molar-refractivity contribution in [2.45, 2.75) is 16.7 Å². The van der Waals surface area contributed by atoms with Crippen LogP contribution in [-0.4, -0.2) is 45.2 Å². The zero-order valence-corrected chi connectivity index (χ0v) is 12.3. The predicted molar refractivity (Wildman–Crippen MR) is 73.0 cm³/mol. The number of nitrogens with zero attached hydrogens (tertiary/aromatic N) is 2. The Morgan fingerprint density at radius 2 is 2.09 bits per heavy atom. The van der Waals surface area contributed by atoms with Crippen LogP contribution >= 0.6 is 11.6 Å². The molecule has 2 fully saturated rings. The number of aryl methyl sites for hydroxylation is 1. The molecular formula is C14H13ClF4N2O. The lowest BCUT2D eigenvalue weighted by atomic mass is 9.67. The lowest BCUT2D eigenvalue weighted by Gasteiger charge is -2.52. The van der Waals surface area contributed by atoms with Crippen molar-refractivity contribution < 1.29 is 22.4 Å². The Hall–Kier alpha value is -1.50. The van der Waals surface area contributed by atoms with Crippen molar-refractivity contribution >= 4 is 23.6 Å². The van der Waals surface area contributed by atoms with Gasteiger partial charge in [0, 0.05) is 38.6 Å². The van der Waals surface area contributed by atoms with Crippen LogP contribution in [0.25, 0.3) is 6.08 Å². The van der Waals surface area contributed by atoms with Crippen LogP contribution in [-0.2, 0) is 11.8 Å². The first-order chi connectivity index (χ1) is 10.1. The predicted octanol–water partition coefficient (Wildman–Crippen LogP) is 2.76. The third-order valence-electron chi connectivity index (χ3n) is 4.34. The van der Waals surface area contributed by atoms with Crippen LogP contribution < -0.4 is 0 Å². The standard InChI is InChI=1S/C14H13ClF4N2O/c1-20-5-4-9(6-20)2-3-11(22)21-7-10-12(15,8-21)14(18,19)13(10,16)17/h2-6,10H,7-8H2,1H3/b3-2+. The molecule has 120 valence electrons. The Morgan fingerprint density at radius 3 is 2.64 bits per heavy atom. The average molecular weight is 337 g/mol. The SMILES string of the molecule is Cn1ccc(/C=C/C(=O)N2CC3C(F)(F)C(F)(F)C3(Cl)C2)c1. The summed E-state index contributed by atoms with van der Waals surface area (Å²) in [6.45, 7) is -1.05. The molecule has 1 aromatic heterocycles. The maximum absolute atomic E-state index is 13.5. The summed E-state index contributed by atoms with van der Waals surface area (Å²) in [5.41, 5.74) is 0.745. The highest BCUT2D eigenvalue weighted by molar-refractivity contribution is 6.26. The number of aromatic nitrogens is 1. The Balaban J connectivity index is 1.73. The van der Waals surface area contributed by atoms with E-state index in [1.165, 1.54) is 12.2 Å². The monoisotopic (exact) mass is 336 g/mol. The quantitative estimate of drug-likeness (QED) is 0.463. The molecule has 1 aliphatic carbocycles. The highest BCUT2D eigenvalue weighted by Crippen LogP contribution is 2.67. The molecule has 0 N–H and O–H groups in total. The molecule has 0 bridgehead atoms. The van der Waals surface area contributed by atoms with Crippen LogP contribution in [0.4, 0.5) is 17.6 Å². The van der Waals surface area contributed by atoms with Crippen molar-refractivity contribution in [2.75, 3.05) is 13.1 Å². The molecule has 1 aliphatic heterocycles. The van der Waals surface area contributed by atoms with E-state index in [1.807, 2.05) is 0 Å². The minimum absolute atomic E-state index is 0.468. The molecule has 0 aromatic carbocycles. The second-order valence-corrected chi connectivity index (χ2v) is 6.45. The Bertz CT molecular complexity index is 657. The lowest BCUT2D eigenvalue weighted by Crippen LogP contribution is -2.75. The number of rotatable bonds is 2. The molecule has 2 unspecified atom stereocenters. The first-order valence-corrected chi connectivity index (χ1v) is 7.01. The molecular weight excluding hydrogens is 324 g/mol. The van der Waals surface area contributed by atoms with Crippen molar-refractivity contribution in [1.82, 2.24) is 9.47 Å². The van der Waals surface area contributed by atoms with Gasteiger partial charge in [0.05, 0.1) is 5.92 Å². The molecule has 2 aliphatic rings. The van der Waals surface area contributed by atoms with Crippen LogP contribution in [0.15, 0.2) is 24.5 Å². The highest BCUT2D eigenvalue weighted by Gasteiger charge is 2.88. The summed E-state index contributed by atoms with van der Waals surface area (Å²) >= 11 is 5.69. The van der Waals surface area contributed by atoms with E-state index in [0.717, 1.165) is 10.5 Å². The number of amides is 1. The lowest BCUT2D eigenvalue weighted by molar-refractivity contribution is -0.326. The summed E-state index contributed by atoms with van der Waals surface area (Å²) in [4.78, 5) is 10.6. The number of carbonyl (C=O) groups excluding carboxylic acids is 1. The Morgan fingerprint density at radius 1 is 1.41 bits per heavy atom. The van der Waals surface area contributed by atoms with Gasteiger partial charge in [0.25, 0.3) is 0 Å². The van der Waals surface area contributed by atoms with Crippen molar-refractivity contribution in [3.05, 3.63) is 30.1 Å². The number of alkyl halides is 5. The van der Waals surface area contributed by atoms with Gasteiger partial charge in [0.1, 0.15) is 4.87 Å². The first-order valence-electron chi connectivity index (χ1n) is 6.63. The second-order valence-electron chi connectivity index (χ2n) is 5.77. The molecule has 2 atom stereocenters. The van der Waals surface area contributed by atoms with Gasteiger partial charge in [-0.2, -0.15) is 17.6 Å². The van der Waals surface area contributed by atoms with Gasteiger partial charge in [-0.05, 0) is 17.7 Å². The molecule has 1 amide bonds. The average Bonchev–Trinajstić information content (AvgIpc) is 3.00. The molecule has 0 spiro atoms.